The van der Waals surface area contributed by atoms with E-state index in [9.17, 15) is 4.79 Å². The second-order valence-electron chi connectivity index (χ2n) is 9.12. The lowest BCUT2D eigenvalue weighted by Crippen LogP contribution is -2.20. The smallest absolute Gasteiger partial charge is 0.224 e. The third-order valence-corrected chi connectivity index (χ3v) is 7.21. The molecule has 3 unspecified atom stereocenters. The van der Waals surface area contributed by atoms with Crippen LogP contribution in [0.2, 0.25) is 0 Å². The van der Waals surface area contributed by atoms with E-state index in [4.69, 9.17) is 0 Å². The van der Waals surface area contributed by atoms with Crippen LogP contribution >= 0.6 is 0 Å². The van der Waals surface area contributed by atoms with E-state index >= 15 is 0 Å². The minimum atomic E-state index is 0.165. The molecule has 3 aliphatic rings. The minimum Gasteiger partial charge on any atom is -0.326 e. The lowest BCUT2D eigenvalue weighted by atomic mass is 9.86. The van der Waals surface area contributed by atoms with Gasteiger partial charge in [-0.15, -0.1) is 10.2 Å². The zero-order chi connectivity index (χ0) is 19.1. The van der Waals surface area contributed by atoms with E-state index < -0.39 is 0 Å². The molecule has 1 amide bonds. The summed E-state index contributed by atoms with van der Waals surface area (Å²) in [5.41, 5.74) is 3.05. The molecule has 28 heavy (non-hydrogen) atoms. The van der Waals surface area contributed by atoms with Crippen molar-refractivity contribution in [3.05, 3.63) is 29.6 Å². The first-order valence-corrected chi connectivity index (χ1v) is 11.0. The van der Waals surface area contributed by atoms with Gasteiger partial charge >= 0.3 is 0 Å². The third-order valence-electron chi connectivity index (χ3n) is 7.21. The van der Waals surface area contributed by atoms with Crippen LogP contribution in [-0.4, -0.2) is 20.7 Å². The Bertz CT molecular complexity index is 887. The Morgan fingerprint density at radius 2 is 2.11 bits per heavy atom. The summed E-state index contributed by atoms with van der Waals surface area (Å²) in [4.78, 5) is 12.7. The molecule has 2 heterocycles. The molecule has 0 saturated heterocycles. The lowest BCUT2D eigenvalue weighted by molar-refractivity contribution is -0.117. The van der Waals surface area contributed by atoms with E-state index in [1.54, 1.807) is 0 Å². The summed E-state index contributed by atoms with van der Waals surface area (Å²) in [6.45, 7) is 3.04. The number of aryl methyl sites for hydroxylation is 2. The van der Waals surface area contributed by atoms with Crippen molar-refractivity contribution >= 4 is 11.6 Å². The number of amides is 1. The zero-order valence-electron chi connectivity index (χ0n) is 16.8. The maximum Gasteiger partial charge on any atom is 0.224 e. The van der Waals surface area contributed by atoms with E-state index in [0.717, 1.165) is 53.3 Å². The van der Waals surface area contributed by atoms with Gasteiger partial charge in [0, 0.05) is 30.6 Å². The van der Waals surface area contributed by atoms with Crippen molar-refractivity contribution in [2.45, 2.75) is 71.3 Å². The van der Waals surface area contributed by atoms with Gasteiger partial charge in [0.2, 0.25) is 5.91 Å². The van der Waals surface area contributed by atoms with E-state index in [0.29, 0.717) is 12.3 Å². The van der Waals surface area contributed by atoms with Gasteiger partial charge in [-0.05, 0) is 68.4 Å². The van der Waals surface area contributed by atoms with Gasteiger partial charge in [-0.1, -0.05) is 25.0 Å². The molecule has 5 heteroatoms. The van der Waals surface area contributed by atoms with Crippen molar-refractivity contribution < 1.29 is 4.79 Å². The molecule has 2 aliphatic carbocycles. The molecule has 1 aromatic carbocycles. The topological polar surface area (TPSA) is 59.8 Å². The monoisotopic (exact) mass is 378 g/mol. The highest BCUT2D eigenvalue weighted by atomic mass is 16.1. The summed E-state index contributed by atoms with van der Waals surface area (Å²) in [7, 11) is 0. The minimum absolute atomic E-state index is 0.165. The summed E-state index contributed by atoms with van der Waals surface area (Å²) >= 11 is 0. The van der Waals surface area contributed by atoms with Crippen LogP contribution in [0.25, 0.3) is 11.4 Å². The first kappa shape index (κ1) is 17.9. The van der Waals surface area contributed by atoms with Crippen molar-refractivity contribution in [3.8, 4) is 11.4 Å². The van der Waals surface area contributed by atoms with E-state index in [1.165, 1.54) is 44.9 Å². The quantitative estimate of drug-likeness (QED) is 0.835. The number of carbonyl (C=O) groups excluding carboxylic acids is 1. The predicted octanol–water partition coefficient (Wildman–Crippen LogP) is 4.74. The molecule has 2 fully saturated rings. The number of rotatable bonds is 4. The fraction of sp³-hybridized carbons (Fsp3) is 0.609. The van der Waals surface area contributed by atoms with Crippen molar-refractivity contribution in [1.82, 2.24) is 14.8 Å². The van der Waals surface area contributed by atoms with Gasteiger partial charge in [0.05, 0.1) is 0 Å². The summed E-state index contributed by atoms with van der Waals surface area (Å²) in [6, 6.07) is 6.26. The van der Waals surface area contributed by atoms with Crippen LogP contribution in [-0.2, 0) is 17.8 Å². The van der Waals surface area contributed by atoms with Crippen LogP contribution in [0.3, 0.4) is 0 Å². The Labute approximate surface area is 166 Å². The number of carbonyl (C=O) groups is 1. The predicted molar refractivity (Wildman–Crippen MR) is 110 cm³/mol. The van der Waals surface area contributed by atoms with Gasteiger partial charge in [0.1, 0.15) is 5.82 Å². The van der Waals surface area contributed by atoms with Crippen LogP contribution < -0.4 is 5.32 Å². The molecule has 0 spiro atoms. The number of nitrogens with zero attached hydrogens (tertiary/aromatic N) is 3. The summed E-state index contributed by atoms with van der Waals surface area (Å²) in [6.07, 6.45) is 10.6. The number of anilines is 1. The first-order valence-electron chi connectivity index (χ1n) is 11.0. The Morgan fingerprint density at radius 1 is 1.18 bits per heavy atom. The maximum absolute atomic E-state index is 12.7. The SMILES string of the molecule is Cc1ccc(-c2nnc3n2CCCCC3)cc1NC(=O)CC1CC2CCC1C2. The zero-order valence-corrected chi connectivity index (χ0v) is 16.8. The Balaban J connectivity index is 1.33. The maximum atomic E-state index is 12.7. The van der Waals surface area contributed by atoms with Gasteiger partial charge in [0.25, 0.3) is 0 Å². The number of hydrogen-bond acceptors (Lipinski definition) is 3. The molecule has 2 saturated carbocycles. The Morgan fingerprint density at radius 3 is 2.93 bits per heavy atom. The third kappa shape index (κ3) is 3.36. The molecule has 3 atom stereocenters. The molecule has 5 rings (SSSR count). The molecule has 1 N–H and O–H groups in total. The van der Waals surface area contributed by atoms with Gasteiger partial charge in [-0.2, -0.15) is 0 Å². The highest BCUT2D eigenvalue weighted by Gasteiger charge is 2.40. The summed E-state index contributed by atoms with van der Waals surface area (Å²) in [5, 5.41) is 12.1. The van der Waals surface area contributed by atoms with E-state index in [-0.39, 0.29) is 5.91 Å². The summed E-state index contributed by atoms with van der Waals surface area (Å²) in [5.74, 6) is 4.45. The molecule has 1 aliphatic heterocycles. The van der Waals surface area contributed by atoms with Gasteiger partial charge in [0.15, 0.2) is 5.82 Å². The van der Waals surface area contributed by atoms with Crippen LogP contribution in [0, 0.1) is 24.7 Å². The van der Waals surface area contributed by atoms with E-state index in [2.05, 4.69) is 45.2 Å². The summed E-state index contributed by atoms with van der Waals surface area (Å²) < 4.78 is 2.26. The second kappa shape index (κ2) is 7.34. The molecule has 1 aromatic heterocycles. The van der Waals surface area contributed by atoms with Crippen LogP contribution in [0.4, 0.5) is 5.69 Å². The molecule has 0 radical (unpaired) electrons. The standard InChI is InChI=1S/C23H30N4O/c1-15-6-8-18(23-26-25-21-5-3-2-4-10-27(21)23)13-20(15)24-22(28)14-19-12-16-7-9-17(19)11-16/h6,8,13,16-17,19H,2-5,7,9-12,14H2,1H3,(H,24,28). The fourth-order valence-corrected chi connectivity index (χ4v) is 5.66. The second-order valence-corrected chi connectivity index (χ2v) is 9.12. The largest absolute Gasteiger partial charge is 0.326 e. The van der Waals surface area contributed by atoms with Crippen LogP contribution in [0.1, 0.15) is 62.8 Å². The number of nitrogens with one attached hydrogen (secondary N) is 1. The average molecular weight is 379 g/mol. The van der Waals surface area contributed by atoms with Crippen molar-refractivity contribution in [1.29, 1.82) is 0 Å². The fourth-order valence-electron chi connectivity index (χ4n) is 5.66. The van der Waals surface area contributed by atoms with Crippen molar-refractivity contribution in [2.75, 3.05) is 5.32 Å². The lowest BCUT2D eigenvalue weighted by Gasteiger charge is -2.21. The Hall–Kier alpha value is -2.17. The van der Waals surface area contributed by atoms with Crippen molar-refractivity contribution in [3.63, 3.8) is 0 Å². The van der Waals surface area contributed by atoms with Crippen LogP contribution in [0.5, 0.6) is 0 Å². The van der Waals surface area contributed by atoms with Gasteiger partial charge in [-0.3, -0.25) is 4.79 Å². The molecule has 2 aromatic rings. The number of aromatic nitrogens is 3. The number of benzene rings is 1. The molecule has 148 valence electrons. The molecular formula is C23H30N4O. The molecule has 2 bridgehead atoms. The first-order chi connectivity index (χ1) is 13.7. The highest BCUT2D eigenvalue weighted by molar-refractivity contribution is 5.92. The van der Waals surface area contributed by atoms with Crippen molar-refractivity contribution in [2.24, 2.45) is 17.8 Å². The average Bonchev–Trinajstić information content (AvgIpc) is 3.36. The Kier molecular flexibility index (Phi) is 4.69. The molecular weight excluding hydrogens is 348 g/mol. The van der Waals surface area contributed by atoms with Gasteiger partial charge in [-0.25, -0.2) is 0 Å². The highest BCUT2D eigenvalue weighted by Crippen LogP contribution is 2.49. The van der Waals surface area contributed by atoms with Crippen LogP contribution in [0.15, 0.2) is 18.2 Å². The van der Waals surface area contributed by atoms with Gasteiger partial charge < -0.3 is 9.88 Å². The normalized spacial score (nSPS) is 26.1. The number of fused-ring (bicyclic) bond motifs is 3. The van der Waals surface area contributed by atoms with E-state index in [1.807, 2.05) is 0 Å². The number of hydrogen-bond donors (Lipinski definition) is 1. The molecule has 5 nitrogen and oxygen atoms in total.